The fraction of sp³-hybridized carbons (Fsp3) is 0.444. The lowest BCUT2D eigenvalue weighted by atomic mass is 10.2. The minimum absolute atomic E-state index is 0.0132. The zero-order valence-electron chi connectivity index (χ0n) is 15.6. The van der Waals surface area contributed by atoms with Crippen LogP contribution in [0.4, 0.5) is 0 Å². The normalized spacial score (nSPS) is 13.6. The number of halogens is 1. The number of rotatable bonds is 6. The number of hydrogen-bond donors (Lipinski definition) is 2. The molecule has 0 radical (unpaired) electrons. The summed E-state index contributed by atoms with van der Waals surface area (Å²) in [4.78, 5) is 50.2. The second-order valence-corrected chi connectivity index (χ2v) is 6.61. The molecule has 2 N–H and O–H groups in total. The third-order valence-corrected chi connectivity index (χ3v) is 4.49. The lowest BCUT2D eigenvalue weighted by Crippen LogP contribution is -2.50. The number of hydrazine groups is 1. The van der Waals surface area contributed by atoms with Crippen LogP contribution in [0.3, 0.4) is 0 Å². The number of ether oxygens (including phenoxy) is 1. The number of nitrogens with zero attached hydrogens (tertiary/aromatic N) is 2. The predicted molar refractivity (Wildman–Crippen MR) is 101 cm³/mol. The van der Waals surface area contributed by atoms with Crippen LogP contribution in [0, 0.1) is 0 Å². The van der Waals surface area contributed by atoms with Crippen molar-refractivity contribution in [2.45, 2.75) is 19.8 Å². The fourth-order valence-corrected chi connectivity index (χ4v) is 2.78. The van der Waals surface area contributed by atoms with E-state index < -0.39 is 11.8 Å². The van der Waals surface area contributed by atoms with Crippen LogP contribution in [-0.2, 0) is 19.2 Å². The molecule has 0 aliphatic carbocycles. The Balaban J connectivity index is 1.62. The lowest BCUT2D eigenvalue weighted by molar-refractivity contribution is -0.139. The molecular formula is C18H23ClN4O5. The van der Waals surface area contributed by atoms with Gasteiger partial charge >= 0.3 is 0 Å². The van der Waals surface area contributed by atoms with E-state index in [0.717, 1.165) is 0 Å². The quantitative estimate of drug-likeness (QED) is 0.657. The van der Waals surface area contributed by atoms with Crippen molar-refractivity contribution in [1.82, 2.24) is 20.7 Å². The first-order chi connectivity index (χ1) is 13.4. The third kappa shape index (κ3) is 6.73. The number of hydrogen-bond acceptors (Lipinski definition) is 5. The molecule has 28 heavy (non-hydrogen) atoms. The standard InChI is InChI=1S/C18H23ClN4O5/c1-13(24)22-8-10-23(11-9-22)18(27)7-6-16(25)20-21-17(26)12-28-15-5-3-2-4-14(15)19/h2-5H,6-12H2,1H3,(H,20,25)(H,21,26). The summed E-state index contributed by atoms with van der Waals surface area (Å²) in [6, 6.07) is 6.71. The largest absolute Gasteiger partial charge is 0.482 e. The highest BCUT2D eigenvalue weighted by atomic mass is 35.5. The summed E-state index contributed by atoms with van der Waals surface area (Å²) in [6.07, 6.45) is -0.0324. The summed E-state index contributed by atoms with van der Waals surface area (Å²) in [5, 5.41) is 0.377. The molecule has 0 atom stereocenters. The number of carbonyl (C=O) groups is 4. The summed E-state index contributed by atoms with van der Waals surface area (Å²) in [7, 11) is 0. The highest BCUT2D eigenvalue weighted by Crippen LogP contribution is 2.22. The second-order valence-electron chi connectivity index (χ2n) is 6.20. The van der Waals surface area contributed by atoms with Gasteiger partial charge in [-0.15, -0.1) is 0 Å². The molecule has 0 saturated carbocycles. The zero-order valence-corrected chi connectivity index (χ0v) is 16.3. The van der Waals surface area contributed by atoms with Gasteiger partial charge in [0.25, 0.3) is 5.91 Å². The molecular weight excluding hydrogens is 388 g/mol. The van der Waals surface area contributed by atoms with E-state index in [-0.39, 0.29) is 31.3 Å². The fourth-order valence-electron chi connectivity index (χ4n) is 2.59. The molecule has 0 aromatic heterocycles. The van der Waals surface area contributed by atoms with Gasteiger partial charge in [0, 0.05) is 45.9 Å². The van der Waals surface area contributed by atoms with Crippen molar-refractivity contribution in [2.75, 3.05) is 32.8 Å². The Kier molecular flexibility index (Phi) is 8.06. The summed E-state index contributed by atoms with van der Waals surface area (Å²) in [5.74, 6) is -0.852. The van der Waals surface area contributed by atoms with Gasteiger partial charge in [0.15, 0.2) is 6.61 Å². The van der Waals surface area contributed by atoms with Crippen LogP contribution in [0.15, 0.2) is 24.3 Å². The Morgan fingerprint density at radius 2 is 1.57 bits per heavy atom. The molecule has 9 nitrogen and oxygen atoms in total. The summed E-state index contributed by atoms with van der Waals surface area (Å²) in [6.45, 7) is 3.08. The molecule has 1 aromatic carbocycles. The molecule has 1 saturated heterocycles. The van der Waals surface area contributed by atoms with Gasteiger partial charge in [-0.3, -0.25) is 30.0 Å². The molecule has 1 fully saturated rings. The maximum absolute atomic E-state index is 12.1. The molecule has 1 heterocycles. The lowest BCUT2D eigenvalue weighted by Gasteiger charge is -2.34. The number of amides is 4. The zero-order chi connectivity index (χ0) is 20.5. The number of nitrogens with one attached hydrogen (secondary N) is 2. The molecule has 10 heteroatoms. The van der Waals surface area contributed by atoms with E-state index in [0.29, 0.717) is 37.0 Å². The molecule has 4 amide bonds. The van der Waals surface area contributed by atoms with Crippen molar-refractivity contribution in [3.8, 4) is 5.75 Å². The number of benzene rings is 1. The topological polar surface area (TPSA) is 108 Å². The van der Waals surface area contributed by atoms with Gasteiger partial charge < -0.3 is 14.5 Å². The predicted octanol–water partition coefficient (Wildman–Crippen LogP) is 0.337. The Morgan fingerprint density at radius 1 is 0.964 bits per heavy atom. The van der Waals surface area contributed by atoms with Crippen molar-refractivity contribution in [3.05, 3.63) is 29.3 Å². The Bertz CT molecular complexity index is 734. The monoisotopic (exact) mass is 410 g/mol. The van der Waals surface area contributed by atoms with Crippen LogP contribution in [0.25, 0.3) is 0 Å². The molecule has 1 aliphatic rings. The third-order valence-electron chi connectivity index (χ3n) is 4.18. The van der Waals surface area contributed by atoms with Crippen LogP contribution < -0.4 is 15.6 Å². The van der Waals surface area contributed by atoms with Gasteiger partial charge in [0.2, 0.25) is 17.7 Å². The number of piperazine rings is 1. The van der Waals surface area contributed by atoms with Gasteiger partial charge in [-0.05, 0) is 12.1 Å². The average molecular weight is 411 g/mol. The molecule has 1 aliphatic heterocycles. The van der Waals surface area contributed by atoms with E-state index in [1.54, 1.807) is 34.1 Å². The van der Waals surface area contributed by atoms with Crippen LogP contribution >= 0.6 is 11.6 Å². The maximum Gasteiger partial charge on any atom is 0.276 e. The van der Waals surface area contributed by atoms with E-state index >= 15 is 0 Å². The highest BCUT2D eigenvalue weighted by molar-refractivity contribution is 6.32. The van der Waals surface area contributed by atoms with Crippen molar-refractivity contribution in [3.63, 3.8) is 0 Å². The Labute approximate surface area is 167 Å². The Morgan fingerprint density at radius 3 is 2.21 bits per heavy atom. The van der Waals surface area contributed by atoms with Crippen molar-refractivity contribution in [2.24, 2.45) is 0 Å². The molecule has 0 bridgehead atoms. The molecule has 1 aromatic rings. The maximum atomic E-state index is 12.1. The summed E-state index contributed by atoms with van der Waals surface area (Å²) >= 11 is 5.91. The average Bonchev–Trinajstić information content (AvgIpc) is 2.69. The van der Waals surface area contributed by atoms with E-state index in [4.69, 9.17) is 16.3 Å². The number of carbonyl (C=O) groups excluding carboxylic acids is 4. The van der Waals surface area contributed by atoms with Crippen molar-refractivity contribution < 1.29 is 23.9 Å². The highest BCUT2D eigenvalue weighted by Gasteiger charge is 2.22. The van der Waals surface area contributed by atoms with Gasteiger partial charge in [-0.2, -0.15) is 0 Å². The smallest absolute Gasteiger partial charge is 0.276 e. The van der Waals surface area contributed by atoms with Gasteiger partial charge in [-0.25, -0.2) is 0 Å². The molecule has 152 valence electrons. The molecule has 2 rings (SSSR count). The van der Waals surface area contributed by atoms with Crippen LogP contribution in [0.2, 0.25) is 5.02 Å². The molecule has 0 spiro atoms. The number of para-hydroxylation sites is 1. The van der Waals surface area contributed by atoms with E-state index in [1.807, 2.05) is 0 Å². The van der Waals surface area contributed by atoms with Crippen molar-refractivity contribution >= 4 is 35.2 Å². The molecule has 0 unspecified atom stereocenters. The SMILES string of the molecule is CC(=O)N1CCN(C(=O)CCC(=O)NNC(=O)COc2ccccc2Cl)CC1. The first kappa shape index (κ1) is 21.5. The van der Waals surface area contributed by atoms with E-state index in [2.05, 4.69) is 10.9 Å². The first-order valence-corrected chi connectivity index (χ1v) is 9.23. The van der Waals surface area contributed by atoms with E-state index in [1.165, 1.54) is 6.92 Å². The van der Waals surface area contributed by atoms with Crippen LogP contribution in [0.5, 0.6) is 5.75 Å². The summed E-state index contributed by atoms with van der Waals surface area (Å²) in [5.41, 5.74) is 4.46. The first-order valence-electron chi connectivity index (χ1n) is 8.85. The minimum atomic E-state index is -0.556. The second kappa shape index (κ2) is 10.5. The van der Waals surface area contributed by atoms with Gasteiger partial charge in [0.05, 0.1) is 5.02 Å². The van der Waals surface area contributed by atoms with Crippen molar-refractivity contribution in [1.29, 1.82) is 0 Å². The van der Waals surface area contributed by atoms with Gasteiger partial charge in [0.1, 0.15) is 5.75 Å². The van der Waals surface area contributed by atoms with Crippen LogP contribution in [0.1, 0.15) is 19.8 Å². The summed E-state index contributed by atoms with van der Waals surface area (Å²) < 4.78 is 5.25. The van der Waals surface area contributed by atoms with Gasteiger partial charge in [-0.1, -0.05) is 23.7 Å². The Hall–Kier alpha value is -2.81. The minimum Gasteiger partial charge on any atom is -0.482 e. The van der Waals surface area contributed by atoms with Crippen LogP contribution in [-0.4, -0.2) is 66.2 Å². The van der Waals surface area contributed by atoms with E-state index in [9.17, 15) is 19.2 Å².